The van der Waals surface area contributed by atoms with Gasteiger partial charge in [-0.1, -0.05) is 0 Å². The van der Waals surface area contributed by atoms with Crippen LogP contribution in [-0.4, -0.2) is 57.1 Å². The van der Waals surface area contributed by atoms with Gasteiger partial charge < -0.3 is 24.1 Å². The summed E-state index contributed by atoms with van der Waals surface area (Å²) in [6, 6.07) is 0. The maximum absolute atomic E-state index is 9.57. The highest BCUT2D eigenvalue weighted by Crippen LogP contribution is 2.25. The van der Waals surface area contributed by atoms with Crippen molar-refractivity contribution in [2.45, 2.75) is 37.6 Å². The van der Waals surface area contributed by atoms with Gasteiger partial charge in [-0.2, -0.15) is 0 Å². The maximum atomic E-state index is 9.57. The molecule has 84 valence electrons. The molecule has 5 heteroatoms. The minimum absolute atomic E-state index is 0.216. The Morgan fingerprint density at radius 1 is 0.929 bits per heavy atom. The zero-order chi connectivity index (χ0) is 10.7. The SMILES string of the molecule is COC1C(OC)[C@@H](OC)[C@H](C)O[C@H]1O. The Balaban J connectivity index is 2.76. The van der Waals surface area contributed by atoms with E-state index in [0.717, 1.165) is 0 Å². The van der Waals surface area contributed by atoms with Crippen molar-refractivity contribution in [2.75, 3.05) is 21.3 Å². The molecule has 1 heterocycles. The predicted octanol–water partition coefficient (Wildman–Crippen LogP) is -0.232. The normalized spacial score (nSPS) is 43.9. The fourth-order valence-electron chi connectivity index (χ4n) is 1.84. The quantitative estimate of drug-likeness (QED) is 0.691. The molecule has 1 aliphatic rings. The van der Waals surface area contributed by atoms with Crippen LogP contribution in [0.15, 0.2) is 0 Å². The number of hydrogen-bond donors (Lipinski definition) is 1. The van der Waals surface area contributed by atoms with E-state index in [-0.39, 0.29) is 18.3 Å². The Labute approximate surface area is 83.9 Å². The minimum atomic E-state index is -0.966. The molecule has 0 radical (unpaired) electrons. The molecule has 1 aliphatic heterocycles. The third-order valence-corrected chi connectivity index (χ3v) is 2.56. The van der Waals surface area contributed by atoms with E-state index in [4.69, 9.17) is 18.9 Å². The van der Waals surface area contributed by atoms with Crippen molar-refractivity contribution in [3.05, 3.63) is 0 Å². The monoisotopic (exact) mass is 206 g/mol. The first-order chi connectivity index (χ1) is 6.65. The Hall–Kier alpha value is -0.200. The minimum Gasteiger partial charge on any atom is -0.376 e. The van der Waals surface area contributed by atoms with Gasteiger partial charge in [-0.3, -0.25) is 0 Å². The van der Waals surface area contributed by atoms with Crippen molar-refractivity contribution >= 4 is 0 Å². The van der Waals surface area contributed by atoms with E-state index in [0.29, 0.717) is 0 Å². The average molecular weight is 206 g/mol. The van der Waals surface area contributed by atoms with Gasteiger partial charge in [0.15, 0.2) is 6.29 Å². The lowest BCUT2D eigenvalue weighted by atomic mass is 9.99. The molecule has 0 aromatic rings. The molecule has 0 bridgehead atoms. The molecule has 0 aliphatic carbocycles. The van der Waals surface area contributed by atoms with E-state index in [1.165, 1.54) is 7.11 Å². The summed E-state index contributed by atoms with van der Waals surface area (Å²) in [6.45, 7) is 1.83. The van der Waals surface area contributed by atoms with Crippen molar-refractivity contribution in [2.24, 2.45) is 0 Å². The fraction of sp³-hybridized carbons (Fsp3) is 1.00. The van der Waals surface area contributed by atoms with Crippen LogP contribution in [0.5, 0.6) is 0 Å². The molecule has 0 aromatic carbocycles. The number of rotatable bonds is 3. The molecule has 14 heavy (non-hydrogen) atoms. The van der Waals surface area contributed by atoms with Crippen LogP contribution in [0.25, 0.3) is 0 Å². The van der Waals surface area contributed by atoms with E-state index >= 15 is 0 Å². The maximum Gasteiger partial charge on any atom is 0.184 e. The van der Waals surface area contributed by atoms with Gasteiger partial charge in [-0.25, -0.2) is 0 Å². The van der Waals surface area contributed by atoms with Crippen LogP contribution in [0.4, 0.5) is 0 Å². The van der Waals surface area contributed by atoms with Crippen molar-refractivity contribution in [1.82, 2.24) is 0 Å². The van der Waals surface area contributed by atoms with Crippen LogP contribution < -0.4 is 0 Å². The van der Waals surface area contributed by atoms with Gasteiger partial charge in [-0.05, 0) is 6.92 Å². The molecule has 0 saturated carbocycles. The molecule has 1 fully saturated rings. The van der Waals surface area contributed by atoms with Crippen LogP contribution in [0.3, 0.4) is 0 Å². The van der Waals surface area contributed by atoms with Gasteiger partial charge >= 0.3 is 0 Å². The molecule has 1 saturated heterocycles. The molecule has 0 amide bonds. The van der Waals surface area contributed by atoms with E-state index in [1.54, 1.807) is 14.2 Å². The van der Waals surface area contributed by atoms with Crippen molar-refractivity contribution < 1.29 is 24.1 Å². The summed E-state index contributed by atoms with van der Waals surface area (Å²) in [4.78, 5) is 0. The van der Waals surface area contributed by atoms with Crippen LogP contribution in [0.1, 0.15) is 6.92 Å². The van der Waals surface area contributed by atoms with Crippen molar-refractivity contribution in [3.63, 3.8) is 0 Å². The summed E-state index contributed by atoms with van der Waals surface area (Å²) in [7, 11) is 4.65. The Morgan fingerprint density at radius 3 is 1.86 bits per heavy atom. The molecule has 1 N–H and O–H groups in total. The highest BCUT2D eigenvalue weighted by molar-refractivity contribution is 4.89. The number of methoxy groups -OCH3 is 3. The molecule has 2 unspecified atom stereocenters. The molecule has 0 spiro atoms. The first-order valence-electron chi connectivity index (χ1n) is 4.57. The Bertz CT molecular complexity index is 159. The third kappa shape index (κ3) is 2.07. The highest BCUT2D eigenvalue weighted by Gasteiger charge is 2.44. The summed E-state index contributed by atoms with van der Waals surface area (Å²) < 4.78 is 20.9. The zero-order valence-corrected chi connectivity index (χ0v) is 8.97. The van der Waals surface area contributed by atoms with E-state index < -0.39 is 12.4 Å². The smallest absolute Gasteiger partial charge is 0.184 e. The lowest BCUT2D eigenvalue weighted by Crippen LogP contribution is -2.58. The summed E-state index contributed by atoms with van der Waals surface area (Å²) in [5.74, 6) is 0. The first kappa shape index (κ1) is 11.9. The second kappa shape index (κ2) is 5.04. The van der Waals surface area contributed by atoms with E-state index in [1.807, 2.05) is 6.92 Å². The fourth-order valence-corrected chi connectivity index (χ4v) is 1.84. The second-order valence-electron chi connectivity index (χ2n) is 3.33. The summed E-state index contributed by atoms with van der Waals surface area (Å²) in [5.41, 5.74) is 0. The van der Waals surface area contributed by atoms with Gasteiger partial charge in [-0.15, -0.1) is 0 Å². The summed E-state index contributed by atoms with van der Waals surface area (Å²) in [5, 5.41) is 9.57. The van der Waals surface area contributed by atoms with Crippen molar-refractivity contribution in [3.8, 4) is 0 Å². The highest BCUT2D eigenvalue weighted by atomic mass is 16.7. The van der Waals surface area contributed by atoms with Crippen LogP contribution in [0.2, 0.25) is 0 Å². The van der Waals surface area contributed by atoms with Crippen LogP contribution >= 0.6 is 0 Å². The number of ether oxygens (including phenoxy) is 4. The summed E-state index contributed by atoms with van der Waals surface area (Å²) >= 11 is 0. The van der Waals surface area contributed by atoms with E-state index in [2.05, 4.69) is 0 Å². The van der Waals surface area contributed by atoms with Gasteiger partial charge in [0.1, 0.15) is 18.3 Å². The molecule has 0 aromatic heterocycles. The summed E-state index contributed by atoms with van der Waals surface area (Å²) in [6.07, 6.45) is -2.24. The van der Waals surface area contributed by atoms with Crippen LogP contribution in [0, 0.1) is 0 Å². The third-order valence-electron chi connectivity index (χ3n) is 2.56. The second-order valence-corrected chi connectivity index (χ2v) is 3.33. The lowest BCUT2D eigenvalue weighted by Gasteiger charge is -2.41. The first-order valence-corrected chi connectivity index (χ1v) is 4.57. The topological polar surface area (TPSA) is 57.2 Å². The molecular weight excluding hydrogens is 188 g/mol. The van der Waals surface area contributed by atoms with Crippen LogP contribution in [-0.2, 0) is 18.9 Å². The van der Waals surface area contributed by atoms with Gasteiger partial charge in [0.25, 0.3) is 0 Å². The van der Waals surface area contributed by atoms with E-state index in [9.17, 15) is 5.11 Å². The van der Waals surface area contributed by atoms with Crippen molar-refractivity contribution in [1.29, 1.82) is 0 Å². The standard InChI is InChI=1S/C9H18O5/c1-5-6(11-2)7(12-3)8(13-4)9(10)14-5/h5-10H,1-4H3/t5-,6-,7?,8?,9+/m0/s1. The average Bonchev–Trinajstić information content (AvgIpc) is 2.16. The zero-order valence-electron chi connectivity index (χ0n) is 8.97. The molecular formula is C9H18O5. The molecule has 5 nitrogen and oxygen atoms in total. The number of aliphatic hydroxyl groups is 1. The molecule has 1 rings (SSSR count). The molecule has 5 atom stereocenters. The number of aliphatic hydroxyl groups excluding tert-OH is 1. The van der Waals surface area contributed by atoms with Gasteiger partial charge in [0.2, 0.25) is 0 Å². The Morgan fingerprint density at radius 2 is 1.43 bits per heavy atom. The number of hydrogen-bond acceptors (Lipinski definition) is 5. The predicted molar refractivity (Wildman–Crippen MR) is 48.9 cm³/mol. The van der Waals surface area contributed by atoms with Gasteiger partial charge in [0.05, 0.1) is 6.10 Å². The Kier molecular flexibility index (Phi) is 4.28. The lowest BCUT2D eigenvalue weighted by molar-refractivity contribution is -0.291. The largest absolute Gasteiger partial charge is 0.376 e. The van der Waals surface area contributed by atoms with Gasteiger partial charge in [0, 0.05) is 21.3 Å².